The quantitative estimate of drug-likeness (QED) is 0.574. The van der Waals surface area contributed by atoms with Crippen LogP contribution < -0.4 is 0 Å². The third-order valence-electron chi connectivity index (χ3n) is 3.12. The minimum atomic E-state index is -0.428. The second-order valence-electron chi connectivity index (χ2n) is 4.99. The van der Waals surface area contributed by atoms with E-state index >= 15 is 0 Å². The molecule has 1 amide bonds. The van der Waals surface area contributed by atoms with Gasteiger partial charge in [0.15, 0.2) is 6.61 Å². The van der Waals surface area contributed by atoms with Crippen LogP contribution >= 0.6 is 11.3 Å². The number of thiophene rings is 1. The number of nitrogens with zero attached hydrogens (tertiary/aromatic N) is 1. The van der Waals surface area contributed by atoms with Gasteiger partial charge in [-0.1, -0.05) is 19.1 Å². The van der Waals surface area contributed by atoms with Crippen molar-refractivity contribution in [1.29, 1.82) is 0 Å². The predicted octanol–water partition coefficient (Wildman–Crippen LogP) is 3.20. The Morgan fingerprint density at radius 1 is 1.38 bits per heavy atom. The SMILES string of the molecule is C=C(C)CN(CC)C(=O)COC(=O)c1cc(CC)c(C)s1. The molecule has 1 rings (SSSR count). The maximum absolute atomic E-state index is 12.0. The van der Waals surface area contributed by atoms with Gasteiger partial charge in [-0.3, -0.25) is 4.79 Å². The second-order valence-corrected chi connectivity index (χ2v) is 6.24. The van der Waals surface area contributed by atoms with Crippen molar-refractivity contribution >= 4 is 23.2 Å². The van der Waals surface area contributed by atoms with Crippen LogP contribution in [0.25, 0.3) is 0 Å². The van der Waals surface area contributed by atoms with Gasteiger partial charge in [0, 0.05) is 18.0 Å². The molecule has 0 saturated carbocycles. The summed E-state index contributed by atoms with van der Waals surface area (Å²) in [5.41, 5.74) is 2.05. The van der Waals surface area contributed by atoms with Crippen LogP contribution in [-0.4, -0.2) is 36.5 Å². The smallest absolute Gasteiger partial charge is 0.348 e. The Labute approximate surface area is 130 Å². The Bertz CT molecular complexity index is 534. The van der Waals surface area contributed by atoms with E-state index in [1.54, 1.807) is 4.90 Å². The fourth-order valence-corrected chi connectivity index (χ4v) is 2.97. The number of amides is 1. The lowest BCUT2D eigenvalue weighted by atomic mass is 10.2. The highest BCUT2D eigenvalue weighted by Crippen LogP contribution is 2.22. The van der Waals surface area contributed by atoms with Crippen molar-refractivity contribution in [2.45, 2.75) is 34.1 Å². The lowest BCUT2D eigenvalue weighted by Crippen LogP contribution is -2.35. The average molecular weight is 309 g/mol. The van der Waals surface area contributed by atoms with Crippen molar-refractivity contribution in [3.8, 4) is 0 Å². The summed E-state index contributed by atoms with van der Waals surface area (Å²) in [6.45, 7) is 12.4. The molecule has 0 spiro atoms. The number of esters is 1. The van der Waals surface area contributed by atoms with Crippen LogP contribution in [0.15, 0.2) is 18.2 Å². The lowest BCUT2D eigenvalue weighted by Gasteiger charge is -2.20. The number of likely N-dealkylation sites (N-methyl/N-ethyl adjacent to an activating group) is 1. The number of rotatable bonds is 7. The zero-order chi connectivity index (χ0) is 16.0. The van der Waals surface area contributed by atoms with E-state index in [-0.39, 0.29) is 12.5 Å². The van der Waals surface area contributed by atoms with Gasteiger partial charge in [0.1, 0.15) is 4.88 Å². The number of hydrogen-bond donors (Lipinski definition) is 0. The van der Waals surface area contributed by atoms with E-state index in [9.17, 15) is 9.59 Å². The van der Waals surface area contributed by atoms with Gasteiger partial charge in [0.05, 0.1) is 0 Å². The van der Waals surface area contributed by atoms with Crippen LogP contribution in [0.4, 0.5) is 0 Å². The fourth-order valence-electron chi connectivity index (χ4n) is 1.96. The van der Waals surface area contributed by atoms with Crippen molar-refractivity contribution in [2.24, 2.45) is 0 Å². The van der Waals surface area contributed by atoms with Crippen LogP contribution in [0.1, 0.15) is 40.9 Å². The molecule has 0 aliphatic carbocycles. The molecule has 0 N–H and O–H groups in total. The molecule has 116 valence electrons. The Morgan fingerprint density at radius 2 is 2.05 bits per heavy atom. The molecule has 1 aromatic rings. The van der Waals surface area contributed by atoms with Crippen molar-refractivity contribution in [2.75, 3.05) is 19.7 Å². The molecule has 0 aromatic carbocycles. The Hall–Kier alpha value is -1.62. The predicted molar refractivity (Wildman–Crippen MR) is 85.8 cm³/mol. The van der Waals surface area contributed by atoms with Crippen molar-refractivity contribution in [1.82, 2.24) is 4.90 Å². The third-order valence-corrected chi connectivity index (χ3v) is 4.20. The number of carbonyl (C=O) groups excluding carboxylic acids is 2. The molecule has 0 atom stereocenters. The fraction of sp³-hybridized carbons (Fsp3) is 0.500. The minimum Gasteiger partial charge on any atom is -0.451 e. The molecule has 0 aliphatic rings. The highest BCUT2D eigenvalue weighted by molar-refractivity contribution is 7.14. The normalized spacial score (nSPS) is 10.3. The van der Waals surface area contributed by atoms with E-state index in [1.165, 1.54) is 11.3 Å². The van der Waals surface area contributed by atoms with Crippen LogP contribution in [0.3, 0.4) is 0 Å². The Kier molecular flexibility index (Phi) is 6.62. The molecule has 0 radical (unpaired) electrons. The van der Waals surface area contributed by atoms with Gasteiger partial charge in [-0.15, -0.1) is 11.3 Å². The largest absolute Gasteiger partial charge is 0.451 e. The van der Waals surface area contributed by atoms with Gasteiger partial charge in [0.25, 0.3) is 5.91 Å². The number of ether oxygens (including phenoxy) is 1. The summed E-state index contributed by atoms with van der Waals surface area (Å²) < 4.78 is 5.12. The molecular weight excluding hydrogens is 286 g/mol. The summed E-state index contributed by atoms with van der Waals surface area (Å²) in [4.78, 5) is 27.2. The summed E-state index contributed by atoms with van der Waals surface area (Å²) in [7, 11) is 0. The molecule has 0 unspecified atom stereocenters. The highest BCUT2D eigenvalue weighted by atomic mass is 32.1. The molecule has 21 heavy (non-hydrogen) atoms. The van der Waals surface area contributed by atoms with Crippen LogP contribution in [-0.2, 0) is 16.0 Å². The first-order valence-electron chi connectivity index (χ1n) is 7.07. The maximum atomic E-state index is 12.0. The first-order chi connectivity index (χ1) is 9.88. The van der Waals surface area contributed by atoms with Gasteiger partial charge in [-0.2, -0.15) is 0 Å². The molecule has 1 aromatic heterocycles. The Morgan fingerprint density at radius 3 is 2.52 bits per heavy atom. The van der Waals surface area contributed by atoms with Gasteiger partial charge < -0.3 is 9.64 Å². The number of carbonyl (C=O) groups is 2. The molecule has 0 saturated heterocycles. The van der Waals surface area contributed by atoms with Gasteiger partial charge in [-0.05, 0) is 38.8 Å². The highest BCUT2D eigenvalue weighted by Gasteiger charge is 2.17. The average Bonchev–Trinajstić information content (AvgIpc) is 2.82. The second kappa shape index (κ2) is 7.98. The summed E-state index contributed by atoms with van der Waals surface area (Å²) in [6.07, 6.45) is 0.886. The van der Waals surface area contributed by atoms with E-state index in [1.807, 2.05) is 33.8 Å². The molecule has 0 aliphatic heterocycles. The molecule has 4 nitrogen and oxygen atoms in total. The van der Waals surface area contributed by atoms with Crippen LogP contribution in [0.2, 0.25) is 0 Å². The van der Waals surface area contributed by atoms with E-state index in [0.717, 1.165) is 22.4 Å². The van der Waals surface area contributed by atoms with Gasteiger partial charge in [-0.25, -0.2) is 4.79 Å². The molecular formula is C16H23NO3S. The zero-order valence-electron chi connectivity index (χ0n) is 13.2. The molecule has 0 fully saturated rings. The van der Waals surface area contributed by atoms with Crippen molar-refractivity contribution in [3.63, 3.8) is 0 Å². The molecule has 0 bridgehead atoms. The monoisotopic (exact) mass is 309 g/mol. The standard InChI is InChI=1S/C16H23NO3S/c1-6-13-8-14(21-12(13)5)16(19)20-10-15(18)17(7-2)9-11(3)4/h8H,3,6-7,9-10H2,1-2,4-5H3. The van der Waals surface area contributed by atoms with Crippen molar-refractivity contribution in [3.05, 3.63) is 33.5 Å². The zero-order valence-corrected chi connectivity index (χ0v) is 14.0. The van der Waals surface area contributed by atoms with E-state index in [0.29, 0.717) is 18.0 Å². The minimum absolute atomic E-state index is 0.196. The lowest BCUT2D eigenvalue weighted by molar-refractivity contribution is -0.133. The first-order valence-corrected chi connectivity index (χ1v) is 7.89. The van der Waals surface area contributed by atoms with E-state index in [4.69, 9.17) is 4.74 Å². The first kappa shape index (κ1) is 17.4. The van der Waals surface area contributed by atoms with Crippen molar-refractivity contribution < 1.29 is 14.3 Å². The molecule has 5 heteroatoms. The summed E-state index contributed by atoms with van der Waals surface area (Å²) in [5.74, 6) is -0.625. The third kappa shape index (κ3) is 5.01. The number of aryl methyl sites for hydroxylation is 2. The van der Waals surface area contributed by atoms with Gasteiger partial charge in [0.2, 0.25) is 0 Å². The number of hydrogen-bond acceptors (Lipinski definition) is 4. The molecule has 1 heterocycles. The van der Waals surface area contributed by atoms with Crippen LogP contribution in [0, 0.1) is 6.92 Å². The van der Waals surface area contributed by atoms with Crippen LogP contribution in [0.5, 0.6) is 0 Å². The Balaban J connectivity index is 2.58. The topological polar surface area (TPSA) is 46.6 Å². The summed E-state index contributed by atoms with van der Waals surface area (Å²) in [5, 5.41) is 0. The summed E-state index contributed by atoms with van der Waals surface area (Å²) in [6, 6.07) is 1.85. The van der Waals surface area contributed by atoms with Gasteiger partial charge >= 0.3 is 5.97 Å². The summed E-state index contributed by atoms with van der Waals surface area (Å²) >= 11 is 1.41. The van der Waals surface area contributed by atoms with E-state index in [2.05, 4.69) is 6.58 Å². The van der Waals surface area contributed by atoms with E-state index < -0.39 is 5.97 Å². The maximum Gasteiger partial charge on any atom is 0.348 e.